The minimum absolute atomic E-state index is 0.197. The highest BCUT2D eigenvalue weighted by Crippen LogP contribution is 2.32. The lowest BCUT2D eigenvalue weighted by atomic mass is 9.80. The third kappa shape index (κ3) is 7.27. The lowest BCUT2D eigenvalue weighted by Crippen LogP contribution is -2.40. The summed E-state index contributed by atoms with van der Waals surface area (Å²) in [5, 5.41) is 12.6. The fourth-order valence-corrected chi connectivity index (χ4v) is 4.65. The summed E-state index contributed by atoms with van der Waals surface area (Å²) in [4.78, 5) is 25.8. The molecule has 8 heteroatoms. The van der Waals surface area contributed by atoms with E-state index in [1.54, 1.807) is 12.4 Å². The van der Waals surface area contributed by atoms with Crippen LogP contribution < -0.4 is 5.32 Å². The number of nitrogens with zero attached hydrogens (tertiary/aromatic N) is 4. The zero-order valence-electron chi connectivity index (χ0n) is 17.2. The van der Waals surface area contributed by atoms with Crippen LogP contribution in [0.4, 0.5) is 0 Å². The summed E-state index contributed by atoms with van der Waals surface area (Å²) in [5.74, 6) is 2.10. The van der Waals surface area contributed by atoms with E-state index in [2.05, 4.69) is 41.0 Å². The molecule has 1 amide bonds. The van der Waals surface area contributed by atoms with E-state index in [1.807, 2.05) is 0 Å². The van der Waals surface area contributed by atoms with Crippen molar-refractivity contribution in [2.24, 2.45) is 11.8 Å². The van der Waals surface area contributed by atoms with Gasteiger partial charge in [0.05, 0.1) is 17.6 Å². The Bertz CT molecular complexity index is 622. The molecule has 3 rings (SSSR count). The molecule has 1 aliphatic carbocycles. The van der Waals surface area contributed by atoms with Gasteiger partial charge in [-0.15, -0.1) is 0 Å². The molecule has 2 fully saturated rings. The van der Waals surface area contributed by atoms with Gasteiger partial charge in [-0.2, -0.15) is 0 Å². The molecule has 1 aromatic rings. The molecule has 0 bridgehead atoms. The van der Waals surface area contributed by atoms with E-state index in [0.717, 1.165) is 88.1 Å². The van der Waals surface area contributed by atoms with Crippen LogP contribution in [0.1, 0.15) is 44.3 Å². The Morgan fingerprint density at radius 1 is 1.14 bits per heavy atom. The molecule has 1 saturated heterocycles. The van der Waals surface area contributed by atoms with Crippen molar-refractivity contribution in [1.82, 2.24) is 25.1 Å². The normalized spacial score (nSPS) is 23.7. The Morgan fingerprint density at radius 3 is 2.62 bits per heavy atom. The van der Waals surface area contributed by atoms with Crippen molar-refractivity contribution in [2.75, 3.05) is 45.9 Å². The van der Waals surface area contributed by atoms with Crippen LogP contribution in [0.15, 0.2) is 16.9 Å². The summed E-state index contributed by atoms with van der Waals surface area (Å²) in [6, 6.07) is 0. The molecule has 0 spiro atoms. The van der Waals surface area contributed by atoms with Gasteiger partial charge >= 0.3 is 0 Å². The Kier molecular flexibility index (Phi) is 9.30. The maximum absolute atomic E-state index is 12.9. The average molecular weight is 468 g/mol. The van der Waals surface area contributed by atoms with Gasteiger partial charge in [0.1, 0.15) is 5.82 Å². The Balaban J connectivity index is 1.32. The number of amides is 1. The number of carbonyl (C=O) groups excluding carboxylic acids is 1. The fraction of sp³-hybridized carbons (Fsp3) is 0.762. The predicted octanol–water partition coefficient (Wildman–Crippen LogP) is 2.05. The third-order valence-electron chi connectivity index (χ3n) is 6.20. The number of halogens is 1. The summed E-state index contributed by atoms with van der Waals surface area (Å²) in [6.45, 7) is 6.12. The summed E-state index contributed by atoms with van der Waals surface area (Å²) >= 11 is 3.35. The van der Waals surface area contributed by atoms with Crippen LogP contribution in [0.5, 0.6) is 0 Å². The van der Waals surface area contributed by atoms with E-state index >= 15 is 0 Å². The maximum Gasteiger partial charge on any atom is 0.225 e. The number of aromatic nitrogens is 2. The van der Waals surface area contributed by atoms with Crippen molar-refractivity contribution in [2.45, 2.75) is 45.1 Å². The number of hydrogen-bond acceptors (Lipinski definition) is 6. The van der Waals surface area contributed by atoms with Crippen molar-refractivity contribution in [3.05, 3.63) is 22.7 Å². The lowest BCUT2D eigenvalue weighted by Gasteiger charge is -2.32. The molecule has 0 aromatic carbocycles. The van der Waals surface area contributed by atoms with E-state index in [4.69, 9.17) is 5.11 Å². The predicted molar refractivity (Wildman–Crippen MR) is 116 cm³/mol. The molecule has 2 aliphatic rings. The molecule has 1 aromatic heterocycles. The first-order chi connectivity index (χ1) is 14.2. The molecule has 0 unspecified atom stereocenters. The molecule has 0 atom stereocenters. The van der Waals surface area contributed by atoms with Crippen LogP contribution >= 0.6 is 15.9 Å². The van der Waals surface area contributed by atoms with Gasteiger partial charge in [-0.3, -0.25) is 9.69 Å². The van der Waals surface area contributed by atoms with Crippen molar-refractivity contribution in [3.8, 4) is 0 Å². The van der Waals surface area contributed by atoms with Crippen LogP contribution in [0.3, 0.4) is 0 Å². The molecule has 1 aliphatic heterocycles. The number of aliphatic hydroxyl groups excluding tert-OH is 1. The Hall–Kier alpha value is -1.09. The number of β-amino-alcohol motifs (C(OH)–C–C–N with tert-alkyl or cyclic N) is 1. The fourth-order valence-electron chi connectivity index (χ4n) is 4.45. The smallest absolute Gasteiger partial charge is 0.225 e. The van der Waals surface area contributed by atoms with E-state index in [9.17, 15) is 4.79 Å². The molecule has 2 heterocycles. The van der Waals surface area contributed by atoms with Crippen LogP contribution in [0.25, 0.3) is 0 Å². The quantitative estimate of drug-likeness (QED) is 0.569. The van der Waals surface area contributed by atoms with Crippen molar-refractivity contribution < 1.29 is 9.90 Å². The van der Waals surface area contributed by atoms with Gasteiger partial charge in [-0.25, -0.2) is 9.97 Å². The second-order valence-electron chi connectivity index (χ2n) is 8.24. The van der Waals surface area contributed by atoms with Gasteiger partial charge in [0, 0.05) is 44.5 Å². The summed E-state index contributed by atoms with van der Waals surface area (Å²) in [6.07, 6.45) is 10.1. The van der Waals surface area contributed by atoms with Gasteiger partial charge in [-0.05, 0) is 73.5 Å². The van der Waals surface area contributed by atoms with Gasteiger partial charge < -0.3 is 15.3 Å². The minimum atomic E-state index is 0.197. The summed E-state index contributed by atoms with van der Waals surface area (Å²) in [7, 11) is 0. The van der Waals surface area contributed by atoms with E-state index in [1.165, 1.54) is 0 Å². The first-order valence-electron chi connectivity index (χ1n) is 10.9. The highest BCUT2D eigenvalue weighted by Gasteiger charge is 2.30. The molecule has 7 nitrogen and oxygen atoms in total. The van der Waals surface area contributed by atoms with Crippen LogP contribution in [-0.4, -0.2) is 76.7 Å². The number of aliphatic hydroxyl groups is 1. The zero-order valence-corrected chi connectivity index (χ0v) is 18.8. The Labute approximate surface area is 182 Å². The first-order valence-corrected chi connectivity index (χ1v) is 11.7. The van der Waals surface area contributed by atoms with Crippen molar-refractivity contribution >= 4 is 21.8 Å². The topological polar surface area (TPSA) is 81.6 Å². The molecule has 162 valence electrons. The number of hydrogen-bond donors (Lipinski definition) is 2. The summed E-state index contributed by atoms with van der Waals surface area (Å²) in [5.41, 5.74) is 0. The van der Waals surface area contributed by atoms with Gasteiger partial charge in [-0.1, -0.05) is 0 Å². The molecule has 29 heavy (non-hydrogen) atoms. The van der Waals surface area contributed by atoms with Gasteiger partial charge in [0.25, 0.3) is 0 Å². The average Bonchev–Trinajstić information content (AvgIpc) is 2.98. The minimum Gasteiger partial charge on any atom is -0.395 e. The van der Waals surface area contributed by atoms with Gasteiger partial charge in [0.2, 0.25) is 5.91 Å². The zero-order chi connectivity index (χ0) is 20.5. The molecular formula is C21H34BrN5O2. The lowest BCUT2D eigenvalue weighted by molar-refractivity contribution is -0.136. The summed E-state index contributed by atoms with van der Waals surface area (Å²) < 4.78 is 0.898. The van der Waals surface area contributed by atoms with Crippen LogP contribution in [0.2, 0.25) is 0 Å². The molecular weight excluding hydrogens is 434 g/mol. The molecule has 0 radical (unpaired) electrons. The SMILES string of the molecule is O=C(C1CCC(CCNCc2ncc(Br)cn2)CC1)N1CCCN(CCO)CC1. The monoisotopic (exact) mass is 467 g/mol. The largest absolute Gasteiger partial charge is 0.395 e. The van der Waals surface area contributed by atoms with Crippen molar-refractivity contribution in [3.63, 3.8) is 0 Å². The van der Waals surface area contributed by atoms with Gasteiger partial charge in [0.15, 0.2) is 0 Å². The molecule has 1 saturated carbocycles. The van der Waals surface area contributed by atoms with Crippen LogP contribution in [-0.2, 0) is 11.3 Å². The Morgan fingerprint density at radius 2 is 1.90 bits per heavy atom. The highest BCUT2D eigenvalue weighted by atomic mass is 79.9. The second-order valence-corrected chi connectivity index (χ2v) is 9.16. The van der Waals surface area contributed by atoms with Crippen LogP contribution in [0, 0.1) is 11.8 Å². The highest BCUT2D eigenvalue weighted by molar-refractivity contribution is 9.10. The number of carbonyl (C=O) groups is 1. The number of rotatable bonds is 8. The second kappa shape index (κ2) is 11.9. The molecule has 2 N–H and O–H groups in total. The number of nitrogens with one attached hydrogen (secondary N) is 1. The van der Waals surface area contributed by atoms with E-state index < -0.39 is 0 Å². The third-order valence-corrected chi connectivity index (χ3v) is 6.61. The van der Waals surface area contributed by atoms with E-state index in [0.29, 0.717) is 18.4 Å². The van der Waals surface area contributed by atoms with E-state index in [-0.39, 0.29) is 12.5 Å². The van der Waals surface area contributed by atoms with Crippen molar-refractivity contribution in [1.29, 1.82) is 0 Å². The first kappa shape index (κ1) is 22.6. The standard InChI is InChI=1S/C21H34BrN5O2/c22-19-14-24-20(25-15-19)16-23-7-6-17-2-4-18(5-3-17)21(29)27-9-1-8-26(10-11-27)12-13-28/h14-15,17-18,23,28H,1-13,16H2. The maximum atomic E-state index is 12.9.